The molecule has 0 radical (unpaired) electrons. The smallest absolute Gasteiger partial charge is 0.148 e. The number of rotatable bonds is 0. The van der Waals surface area contributed by atoms with Crippen LogP contribution in [-0.2, 0) is 4.79 Å². The van der Waals surface area contributed by atoms with Gasteiger partial charge in [0.25, 0.3) is 0 Å². The summed E-state index contributed by atoms with van der Waals surface area (Å²) >= 11 is 0. The van der Waals surface area contributed by atoms with Crippen LogP contribution in [-0.4, -0.2) is 29.8 Å². The Morgan fingerprint density at radius 3 is 2.86 bits per heavy atom. The van der Waals surface area contributed by atoms with Crippen LogP contribution >= 0.6 is 0 Å². The second-order valence-corrected chi connectivity index (χ2v) is 2.33. The van der Waals surface area contributed by atoms with E-state index in [9.17, 15) is 4.79 Å². The Hall–Kier alpha value is -0.370. The first-order chi connectivity index (χ1) is 3.36. The number of carbonyl (C=O) groups excluding carboxylic acids is 1. The van der Waals surface area contributed by atoms with E-state index in [1.54, 1.807) is 0 Å². The molecule has 0 aromatic carbocycles. The van der Waals surface area contributed by atoms with Gasteiger partial charge in [0.1, 0.15) is 5.78 Å². The van der Waals surface area contributed by atoms with Gasteiger partial charge in [0, 0.05) is 19.0 Å². The zero-order valence-electron chi connectivity index (χ0n) is 4.05. The van der Waals surface area contributed by atoms with Gasteiger partial charge in [0.15, 0.2) is 0 Å². The van der Waals surface area contributed by atoms with E-state index in [0.717, 1.165) is 13.0 Å². The van der Waals surface area contributed by atoms with E-state index in [1.165, 1.54) is 6.54 Å². The molecule has 0 aromatic rings. The van der Waals surface area contributed by atoms with E-state index in [1.807, 2.05) is 0 Å². The number of carbonyl (C=O) groups is 1. The van der Waals surface area contributed by atoms with Crippen LogP contribution in [0.25, 0.3) is 0 Å². The van der Waals surface area contributed by atoms with Crippen molar-refractivity contribution < 1.29 is 4.79 Å². The zero-order chi connectivity index (χ0) is 4.85. The highest BCUT2D eigenvalue weighted by Crippen LogP contribution is 2.26. The predicted molar refractivity (Wildman–Crippen MR) is 25.0 cm³/mol. The first-order valence-corrected chi connectivity index (χ1v) is 2.62. The summed E-state index contributed by atoms with van der Waals surface area (Å²) in [4.78, 5) is 12.6. The minimum absolute atomic E-state index is 0.427. The van der Waals surface area contributed by atoms with Crippen molar-refractivity contribution in [1.82, 2.24) is 4.90 Å². The molecule has 2 heteroatoms. The number of ketones is 1. The summed E-state index contributed by atoms with van der Waals surface area (Å²) in [5.41, 5.74) is 0. The highest BCUT2D eigenvalue weighted by atomic mass is 16.1. The van der Waals surface area contributed by atoms with E-state index in [4.69, 9.17) is 0 Å². The molecular weight excluding hydrogens is 90.1 g/mol. The largest absolute Gasteiger partial charge is 0.298 e. The molecule has 2 nitrogen and oxygen atoms in total. The Kier molecular flexibility index (Phi) is 0.460. The van der Waals surface area contributed by atoms with Crippen LogP contribution in [0.2, 0.25) is 0 Å². The van der Waals surface area contributed by atoms with Crippen molar-refractivity contribution in [2.24, 2.45) is 0 Å². The van der Waals surface area contributed by atoms with Crippen molar-refractivity contribution in [1.29, 1.82) is 0 Å². The van der Waals surface area contributed by atoms with Crippen LogP contribution in [0.1, 0.15) is 6.42 Å². The summed E-state index contributed by atoms with van der Waals surface area (Å²) in [5, 5.41) is 0. The molecule has 0 bridgehead atoms. The average molecular weight is 97.1 g/mol. The molecular formula is C5H7NO. The molecule has 0 spiro atoms. The molecule has 0 aromatic heterocycles. The molecule has 7 heavy (non-hydrogen) atoms. The minimum Gasteiger partial charge on any atom is -0.298 e. The van der Waals surface area contributed by atoms with Gasteiger partial charge in [0.2, 0.25) is 0 Å². The monoisotopic (exact) mass is 97.1 g/mol. The summed E-state index contributed by atoms with van der Waals surface area (Å²) in [6.07, 6.45) is 0.833. The van der Waals surface area contributed by atoms with Gasteiger partial charge < -0.3 is 0 Å². The standard InChI is InChI=1S/C5H7NO/c7-5-1-4-2-6(4)3-5/h4H,1-3H2. The maximum Gasteiger partial charge on any atom is 0.148 e. The molecule has 0 aliphatic carbocycles. The quantitative estimate of drug-likeness (QED) is 0.385. The minimum atomic E-state index is 0.427. The summed E-state index contributed by atoms with van der Waals surface area (Å²) in [5.74, 6) is 0.427. The van der Waals surface area contributed by atoms with E-state index in [-0.39, 0.29) is 0 Å². The number of fused-ring (bicyclic) bond motifs is 1. The lowest BCUT2D eigenvalue weighted by Crippen LogP contribution is -2.03. The van der Waals surface area contributed by atoms with Gasteiger partial charge >= 0.3 is 0 Å². The van der Waals surface area contributed by atoms with Crippen LogP contribution in [0, 0.1) is 0 Å². The highest BCUT2D eigenvalue weighted by molar-refractivity contribution is 5.84. The molecule has 2 fully saturated rings. The van der Waals surface area contributed by atoms with Gasteiger partial charge in [0.05, 0.1) is 6.54 Å². The summed E-state index contributed by atoms with van der Waals surface area (Å²) in [7, 11) is 0. The van der Waals surface area contributed by atoms with Gasteiger partial charge in [-0.25, -0.2) is 0 Å². The first kappa shape index (κ1) is 3.61. The third kappa shape index (κ3) is 0.399. The van der Waals surface area contributed by atoms with Gasteiger partial charge in [-0.15, -0.1) is 0 Å². The SMILES string of the molecule is O=C1CC2CN2C1. The molecule has 0 amide bonds. The van der Waals surface area contributed by atoms with Crippen LogP contribution in [0.3, 0.4) is 0 Å². The second-order valence-electron chi connectivity index (χ2n) is 2.33. The van der Waals surface area contributed by atoms with Crippen LogP contribution in [0.4, 0.5) is 0 Å². The second kappa shape index (κ2) is 0.892. The Bertz CT molecular complexity index is 109. The van der Waals surface area contributed by atoms with Crippen molar-refractivity contribution in [2.45, 2.75) is 12.5 Å². The lowest BCUT2D eigenvalue weighted by atomic mass is 10.3. The summed E-state index contributed by atoms with van der Waals surface area (Å²) in [6, 6.07) is 0.674. The van der Waals surface area contributed by atoms with E-state index < -0.39 is 0 Å². The fourth-order valence-corrected chi connectivity index (χ4v) is 1.16. The maximum absolute atomic E-state index is 10.4. The molecule has 2 unspecified atom stereocenters. The summed E-state index contributed by atoms with van der Waals surface area (Å²) in [6.45, 7) is 1.93. The Balaban J connectivity index is 2.14. The fourth-order valence-electron chi connectivity index (χ4n) is 1.16. The highest BCUT2D eigenvalue weighted by Gasteiger charge is 2.42. The van der Waals surface area contributed by atoms with Crippen molar-refractivity contribution in [3.63, 3.8) is 0 Å². The van der Waals surface area contributed by atoms with Crippen LogP contribution in [0.5, 0.6) is 0 Å². The van der Waals surface area contributed by atoms with E-state index >= 15 is 0 Å². The van der Waals surface area contributed by atoms with Gasteiger partial charge in [-0.1, -0.05) is 0 Å². The van der Waals surface area contributed by atoms with Crippen molar-refractivity contribution >= 4 is 5.78 Å². The molecule has 0 N–H and O–H groups in total. The molecule has 2 saturated heterocycles. The fraction of sp³-hybridized carbons (Fsp3) is 0.800. The normalized spacial score (nSPS) is 46.6. The Morgan fingerprint density at radius 1 is 1.71 bits per heavy atom. The number of nitrogens with zero attached hydrogens (tertiary/aromatic N) is 1. The van der Waals surface area contributed by atoms with Crippen molar-refractivity contribution in [3.05, 3.63) is 0 Å². The number of hydrogen-bond acceptors (Lipinski definition) is 2. The third-order valence-corrected chi connectivity index (χ3v) is 1.67. The van der Waals surface area contributed by atoms with Gasteiger partial charge in [-0.05, 0) is 0 Å². The van der Waals surface area contributed by atoms with Gasteiger partial charge in [-0.2, -0.15) is 0 Å². The molecule has 2 atom stereocenters. The maximum atomic E-state index is 10.4. The first-order valence-electron chi connectivity index (χ1n) is 2.62. The van der Waals surface area contributed by atoms with Crippen molar-refractivity contribution in [3.8, 4) is 0 Å². The lowest BCUT2D eigenvalue weighted by molar-refractivity contribution is -0.117. The molecule has 2 aliphatic rings. The topological polar surface area (TPSA) is 20.1 Å². The molecule has 0 saturated carbocycles. The molecule has 38 valence electrons. The average Bonchev–Trinajstić information content (AvgIpc) is 2.15. The summed E-state index contributed by atoms with van der Waals surface area (Å²) < 4.78 is 0. The number of Topliss-reactive ketones (excluding diaryl/α,β-unsaturated/α-hetero) is 1. The van der Waals surface area contributed by atoms with E-state index in [0.29, 0.717) is 11.8 Å². The van der Waals surface area contributed by atoms with Gasteiger partial charge in [-0.3, -0.25) is 9.69 Å². The zero-order valence-corrected chi connectivity index (χ0v) is 4.05. The third-order valence-electron chi connectivity index (χ3n) is 1.67. The molecule has 2 rings (SSSR count). The Morgan fingerprint density at radius 2 is 2.57 bits per heavy atom. The Labute approximate surface area is 42.1 Å². The van der Waals surface area contributed by atoms with Crippen molar-refractivity contribution in [2.75, 3.05) is 13.1 Å². The predicted octanol–water partition coefficient (Wildman–Crippen LogP) is -0.357. The molecule has 2 aliphatic heterocycles. The van der Waals surface area contributed by atoms with Crippen LogP contribution in [0.15, 0.2) is 0 Å². The number of piperidine rings is 1. The lowest BCUT2D eigenvalue weighted by Gasteiger charge is -1.83. The van der Waals surface area contributed by atoms with Crippen LogP contribution < -0.4 is 0 Å². The molecule has 2 heterocycles. The van der Waals surface area contributed by atoms with E-state index in [2.05, 4.69) is 4.90 Å². The number of hydrogen-bond donors (Lipinski definition) is 0.